The van der Waals surface area contributed by atoms with Crippen LogP contribution in [0.1, 0.15) is 65.7 Å². The van der Waals surface area contributed by atoms with Gasteiger partial charge in [0.15, 0.2) is 0 Å². The first kappa shape index (κ1) is 15.5. The molecule has 0 amide bonds. The molecule has 0 saturated carbocycles. The lowest BCUT2D eigenvalue weighted by Crippen LogP contribution is -2.33. The second kappa shape index (κ2) is 8.53. The Morgan fingerprint density at radius 2 is 2.11 bits per heavy atom. The lowest BCUT2D eigenvalue weighted by atomic mass is 9.79. The van der Waals surface area contributed by atoms with Crippen LogP contribution in [0.25, 0.3) is 0 Å². The maximum absolute atomic E-state index is 6.35. The summed E-state index contributed by atoms with van der Waals surface area (Å²) in [6.45, 7) is 6.69. The number of unbranched alkanes of at least 4 members (excludes halogenated alkanes) is 2. The van der Waals surface area contributed by atoms with E-state index in [1.165, 1.54) is 50.5 Å². The normalized spacial score (nSPS) is 22.6. The van der Waals surface area contributed by atoms with Crippen molar-refractivity contribution in [2.45, 2.75) is 71.8 Å². The second-order valence-electron chi connectivity index (χ2n) is 6.13. The number of hydrogen-bond acceptors (Lipinski definition) is 1. The molecular formula is C17H31N. The van der Waals surface area contributed by atoms with Gasteiger partial charge in [-0.3, -0.25) is 0 Å². The van der Waals surface area contributed by atoms with E-state index >= 15 is 0 Å². The summed E-state index contributed by atoms with van der Waals surface area (Å²) in [5.41, 5.74) is 7.78. The fraction of sp³-hybridized carbons (Fsp3) is 0.765. The van der Waals surface area contributed by atoms with Gasteiger partial charge in [0.2, 0.25) is 0 Å². The minimum Gasteiger partial charge on any atom is -0.327 e. The van der Waals surface area contributed by atoms with Crippen LogP contribution < -0.4 is 5.73 Å². The molecule has 104 valence electrons. The van der Waals surface area contributed by atoms with Gasteiger partial charge in [-0.15, -0.1) is 0 Å². The molecule has 1 rings (SSSR count). The number of hydrogen-bond donors (Lipinski definition) is 1. The van der Waals surface area contributed by atoms with Gasteiger partial charge in [-0.25, -0.2) is 0 Å². The Morgan fingerprint density at radius 1 is 1.33 bits per heavy atom. The van der Waals surface area contributed by atoms with Crippen LogP contribution in [0.2, 0.25) is 0 Å². The highest BCUT2D eigenvalue weighted by Crippen LogP contribution is 2.28. The summed E-state index contributed by atoms with van der Waals surface area (Å²) in [5, 5.41) is 0. The van der Waals surface area contributed by atoms with E-state index in [-0.39, 0.29) is 0 Å². The molecule has 2 N–H and O–H groups in total. The molecule has 0 radical (unpaired) electrons. The molecule has 0 heterocycles. The van der Waals surface area contributed by atoms with Crippen LogP contribution in [0, 0.1) is 11.8 Å². The Balaban J connectivity index is 2.17. The van der Waals surface area contributed by atoms with Crippen molar-refractivity contribution in [2.24, 2.45) is 17.6 Å². The molecule has 1 unspecified atom stereocenters. The van der Waals surface area contributed by atoms with Crippen LogP contribution in [-0.4, -0.2) is 6.04 Å². The van der Waals surface area contributed by atoms with Crippen molar-refractivity contribution in [3.8, 4) is 0 Å². The number of allylic oxidation sites excluding steroid dienone is 4. The predicted octanol–water partition coefficient (Wildman–Crippen LogP) is 4.83. The molecule has 0 fully saturated rings. The van der Waals surface area contributed by atoms with E-state index in [1.807, 2.05) is 0 Å². The molecule has 0 spiro atoms. The van der Waals surface area contributed by atoms with Crippen molar-refractivity contribution in [2.75, 3.05) is 0 Å². The number of rotatable bonds is 7. The summed E-state index contributed by atoms with van der Waals surface area (Å²) < 4.78 is 0. The van der Waals surface area contributed by atoms with Gasteiger partial charge in [-0.2, -0.15) is 0 Å². The standard InChI is InChI=1S/C17H31N/c1-14(2)10-6-4-9-13-17(18)15(3)16-11-7-5-8-12-16/h5,7,10,15-17H,4,6,8-9,11-13,18H2,1-3H3/t15-,16?,17-/m0/s1. The first-order chi connectivity index (χ1) is 8.61. The minimum absolute atomic E-state index is 0.396. The Bertz CT molecular complexity index is 273. The van der Waals surface area contributed by atoms with E-state index in [1.54, 1.807) is 0 Å². The quantitative estimate of drug-likeness (QED) is 0.507. The zero-order chi connectivity index (χ0) is 13.4. The third-order valence-corrected chi connectivity index (χ3v) is 4.27. The summed E-state index contributed by atoms with van der Waals surface area (Å²) in [6, 6.07) is 0.396. The van der Waals surface area contributed by atoms with Crippen LogP contribution in [0.15, 0.2) is 23.8 Å². The molecule has 1 nitrogen and oxygen atoms in total. The monoisotopic (exact) mass is 249 g/mol. The zero-order valence-corrected chi connectivity index (χ0v) is 12.5. The van der Waals surface area contributed by atoms with Crippen LogP contribution in [0.3, 0.4) is 0 Å². The molecule has 0 aromatic heterocycles. The second-order valence-corrected chi connectivity index (χ2v) is 6.13. The smallest absolute Gasteiger partial charge is 0.00672 e. The molecule has 1 heteroatoms. The first-order valence-corrected chi connectivity index (χ1v) is 7.65. The minimum atomic E-state index is 0.396. The van der Waals surface area contributed by atoms with Gasteiger partial charge in [0, 0.05) is 6.04 Å². The van der Waals surface area contributed by atoms with Gasteiger partial charge < -0.3 is 5.73 Å². The molecule has 0 bridgehead atoms. The molecular weight excluding hydrogens is 218 g/mol. The van der Waals surface area contributed by atoms with E-state index in [4.69, 9.17) is 5.73 Å². The van der Waals surface area contributed by atoms with Crippen molar-refractivity contribution in [1.82, 2.24) is 0 Å². The Kier molecular flexibility index (Phi) is 7.34. The highest BCUT2D eigenvalue weighted by molar-refractivity contribution is 4.94. The molecule has 0 aromatic rings. The lowest BCUT2D eigenvalue weighted by Gasteiger charge is -2.29. The Hall–Kier alpha value is -0.560. The zero-order valence-electron chi connectivity index (χ0n) is 12.5. The largest absolute Gasteiger partial charge is 0.327 e. The van der Waals surface area contributed by atoms with Crippen molar-refractivity contribution in [3.63, 3.8) is 0 Å². The maximum atomic E-state index is 6.35. The number of nitrogens with two attached hydrogens (primary N) is 1. The van der Waals surface area contributed by atoms with Crippen LogP contribution in [0.5, 0.6) is 0 Å². The third kappa shape index (κ3) is 5.86. The summed E-state index contributed by atoms with van der Waals surface area (Å²) in [4.78, 5) is 0. The molecule has 3 atom stereocenters. The molecule has 1 aliphatic carbocycles. The van der Waals surface area contributed by atoms with Crippen LogP contribution >= 0.6 is 0 Å². The van der Waals surface area contributed by atoms with E-state index < -0.39 is 0 Å². The molecule has 0 saturated heterocycles. The first-order valence-electron chi connectivity index (χ1n) is 7.65. The van der Waals surface area contributed by atoms with Gasteiger partial charge in [0.25, 0.3) is 0 Å². The lowest BCUT2D eigenvalue weighted by molar-refractivity contribution is 0.271. The van der Waals surface area contributed by atoms with Crippen molar-refractivity contribution < 1.29 is 0 Å². The predicted molar refractivity (Wildman–Crippen MR) is 81.5 cm³/mol. The van der Waals surface area contributed by atoms with Gasteiger partial charge in [-0.1, -0.05) is 37.1 Å². The molecule has 18 heavy (non-hydrogen) atoms. The third-order valence-electron chi connectivity index (χ3n) is 4.27. The topological polar surface area (TPSA) is 26.0 Å². The van der Waals surface area contributed by atoms with Crippen molar-refractivity contribution in [1.29, 1.82) is 0 Å². The van der Waals surface area contributed by atoms with E-state index in [0.29, 0.717) is 12.0 Å². The maximum Gasteiger partial charge on any atom is 0.00672 e. The van der Waals surface area contributed by atoms with E-state index in [9.17, 15) is 0 Å². The van der Waals surface area contributed by atoms with Crippen molar-refractivity contribution >= 4 is 0 Å². The van der Waals surface area contributed by atoms with Gasteiger partial charge >= 0.3 is 0 Å². The summed E-state index contributed by atoms with van der Waals surface area (Å²) in [6.07, 6.45) is 15.8. The van der Waals surface area contributed by atoms with E-state index in [2.05, 4.69) is 39.0 Å². The van der Waals surface area contributed by atoms with Gasteiger partial charge in [0.1, 0.15) is 0 Å². The summed E-state index contributed by atoms with van der Waals surface area (Å²) in [5.74, 6) is 1.50. The summed E-state index contributed by atoms with van der Waals surface area (Å²) in [7, 11) is 0. The van der Waals surface area contributed by atoms with Crippen LogP contribution in [0.4, 0.5) is 0 Å². The highest BCUT2D eigenvalue weighted by Gasteiger charge is 2.22. The Labute approximate surface area is 114 Å². The van der Waals surface area contributed by atoms with E-state index in [0.717, 1.165) is 5.92 Å². The highest BCUT2D eigenvalue weighted by atomic mass is 14.6. The fourth-order valence-electron chi connectivity index (χ4n) is 2.82. The summed E-state index contributed by atoms with van der Waals surface area (Å²) >= 11 is 0. The van der Waals surface area contributed by atoms with Crippen LogP contribution in [-0.2, 0) is 0 Å². The average molecular weight is 249 g/mol. The molecule has 0 aliphatic heterocycles. The molecule has 0 aromatic carbocycles. The van der Waals surface area contributed by atoms with Gasteiger partial charge in [-0.05, 0) is 64.2 Å². The fourth-order valence-corrected chi connectivity index (χ4v) is 2.82. The van der Waals surface area contributed by atoms with Gasteiger partial charge in [0.05, 0.1) is 0 Å². The van der Waals surface area contributed by atoms with Crippen molar-refractivity contribution in [3.05, 3.63) is 23.8 Å². The Morgan fingerprint density at radius 3 is 2.72 bits per heavy atom. The SMILES string of the molecule is CC(C)=CCCCC[C@H](N)[C@@H](C)C1CC=CCC1. The molecule has 1 aliphatic rings. The average Bonchev–Trinajstić information content (AvgIpc) is 2.38.